The summed E-state index contributed by atoms with van der Waals surface area (Å²) in [5.74, 6) is 0. The number of benzene rings is 6. The van der Waals surface area contributed by atoms with Gasteiger partial charge in [-0.25, -0.2) is 0 Å². The summed E-state index contributed by atoms with van der Waals surface area (Å²) in [5.41, 5.74) is 11.9. The first-order valence-electron chi connectivity index (χ1n) is 13.6. The molecule has 0 saturated carbocycles. The fourth-order valence-corrected chi connectivity index (χ4v) is 4.53. The predicted octanol–water partition coefficient (Wildman–Crippen LogP) is 10.8. The van der Waals surface area contributed by atoms with E-state index in [9.17, 15) is 0 Å². The summed E-state index contributed by atoms with van der Waals surface area (Å²) in [7, 11) is 0. The van der Waals surface area contributed by atoms with Crippen LogP contribution >= 0.6 is 0 Å². The maximum atomic E-state index is 3.45. The summed E-state index contributed by atoms with van der Waals surface area (Å²) in [5, 5.41) is 6.91. The minimum atomic E-state index is 1.09. The maximum Gasteiger partial charge on any atom is 0.0386 e. The number of hydrogen-bond donors (Lipinski definition) is 2. The Balaban J connectivity index is 0.000000223. The highest BCUT2D eigenvalue weighted by atomic mass is 14.9. The maximum absolute atomic E-state index is 3.45. The third kappa shape index (κ3) is 7.49. The van der Waals surface area contributed by atoms with E-state index in [1.165, 1.54) is 33.4 Å². The van der Waals surface area contributed by atoms with Gasteiger partial charge >= 0.3 is 0 Å². The van der Waals surface area contributed by atoms with Crippen LogP contribution < -0.4 is 10.6 Å². The zero-order valence-electron chi connectivity index (χ0n) is 23.0. The van der Waals surface area contributed by atoms with E-state index >= 15 is 0 Å². The van der Waals surface area contributed by atoms with Crippen LogP contribution in [0.25, 0.3) is 22.3 Å². The van der Waals surface area contributed by atoms with E-state index in [0.717, 1.165) is 22.7 Å². The van der Waals surface area contributed by atoms with Crippen molar-refractivity contribution in [2.45, 2.75) is 13.8 Å². The molecule has 0 heterocycles. The Morgan fingerprint density at radius 3 is 1.00 bits per heavy atom. The van der Waals surface area contributed by atoms with Crippen molar-refractivity contribution < 1.29 is 0 Å². The third-order valence-electron chi connectivity index (χ3n) is 6.60. The number of aryl methyl sites for hydroxylation is 2. The van der Waals surface area contributed by atoms with Crippen LogP contribution in [0.2, 0.25) is 0 Å². The fourth-order valence-electron chi connectivity index (χ4n) is 4.53. The van der Waals surface area contributed by atoms with Gasteiger partial charge in [0.2, 0.25) is 0 Å². The first-order valence-corrected chi connectivity index (χ1v) is 13.6. The van der Waals surface area contributed by atoms with Gasteiger partial charge in [0.25, 0.3) is 0 Å². The number of anilines is 4. The van der Waals surface area contributed by atoms with E-state index in [1.807, 2.05) is 12.1 Å². The van der Waals surface area contributed by atoms with E-state index in [-0.39, 0.29) is 0 Å². The molecule has 6 aromatic rings. The average molecular weight is 519 g/mol. The summed E-state index contributed by atoms with van der Waals surface area (Å²) >= 11 is 0. The molecule has 0 bridgehead atoms. The van der Waals surface area contributed by atoms with Crippen LogP contribution in [0.3, 0.4) is 0 Å². The van der Waals surface area contributed by atoms with Gasteiger partial charge in [0, 0.05) is 22.7 Å². The zero-order chi connectivity index (χ0) is 27.6. The highest BCUT2D eigenvalue weighted by molar-refractivity contribution is 5.71. The van der Waals surface area contributed by atoms with Crippen molar-refractivity contribution in [2.24, 2.45) is 0 Å². The van der Waals surface area contributed by atoms with Crippen molar-refractivity contribution in [2.75, 3.05) is 10.6 Å². The molecule has 0 atom stereocenters. The van der Waals surface area contributed by atoms with Gasteiger partial charge in [-0.05, 0) is 95.8 Å². The summed E-state index contributed by atoms with van der Waals surface area (Å²) < 4.78 is 0. The molecule has 0 aromatic heterocycles. The van der Waals surface area contributed by atoms with Crippen LogP contribution in [0.1, 0.15) is 11.1 Å². The van der Waals surface area contributed by atoms with Crippen LogP contribution in [0.15, 0.2) is 158 Å². The molecular formula is C38H34N2. The quantitative estimate of drug-likeness (QED) is 0.229. The van der Waals surface area contributed by atoms with Gasteiger partial charge in [-0.15, -0.1) is 0 Å². The Labute approximate surface area is 238 Å². The van der Waals surface area contributed by atoms with Crippen molar-refractivity contribution in [3.05, 3.63) is 169 Å². The van der Waals surface area contributed by atoms with Crippen LogP contribution in [0.5, 0.6) is 0 Å². The smallest absolute Gasteiger partial charge is 0.0386 e. The van der Waals surface area contributed by atoms with Crippen molar-refractivity contribution in [1.29, 1.82) is 0 Å². The number of nitrogens with one attached hydrogen (secondary N) is 2. The molecule has 6 aromatic carbocycles. The molecule has 0 saturated heterocycles. The minimum Gasteiger partial charge on any atom is -0.356 e. The molecule has 2 N–H and O–H groups in total. The molecule has 0 aliphatic heterocycles. The predicted molar refractivity (Wildman–Crippen MR) is 173 cm³/mol. The Morgan fingerprint density at radius 1 is 0.300 bits per heavy atom. The van der Waals surface area contributed by atoms with Crippen LogP contribution in [0.4, 0.5) is 22.7 Å². The Morgan fingerprint density at radius 2 is 0.650 bits per heavy atom. The minimum absolute atomic E-state index is 1.09. The van der Waals surface area contributed by atoms with Crippen LogP contribution in [0, 0.1) is 13.8 Å². The summed E-state index contributed by atoms with van der Waals surface area (Å²) in [6.45, 7) is 4.21. The first-order chi connectivity index (χ1) is 19.6. The van der Waals surface area contributed by atoms with Gasteiger partial charge in [-0.3, -0.25) is 0 Å². The molecule has 0 unspecified atom stereocenters. The van der Waals surface area contributed by atoms with Gasteiger partial charge in [-0.2, -0.15) is 0 Å². The normalized spacial score (nSPS) is 10.2. The monoisotopic (exact) mass is 518 g/mol. The van der Waals surface area contributed by atoms with Crippen molar-refractivity contribution in [1.82, 2.24) is 0 Å². The van der Waals surface area contributed by atoms with Crippen molar-refractivity contribution in [3.8, 4) is 22.3 Å². The first kappa shape index (κ1) is 26.5. The molecule has 0 spiro atoms. The average Bonchev–Trinajstić information content (AvgIpc) is 2.99. The highest BCUT2D eigenvalue weighted by Crippen LogP contribution is 2.26. The molecule has 196 valence electrons. The van der Waals surface area contributed by atoms with E-state index in [1.54, 1.807) is 0 Å². The van der Waals surface area contributed by atoms with Gasteiger partial charge in [0.05, 0.1) is 0 Å². The lowest BCUT2D eigenvalue weighted by atomic mass is 10.0. The fraction of sp³-hybridized carbons (Fsp3) is 0.0526. The standard InChI is InChI=1S/C26H24N2.C12H10/c1-19-5-3-7-25(17-19)27-23-13-9-21(10-14-23)22-11-15-24(16-12-22)28-26-8-4-6-20(2)18-26;1-3-7-11(8-4-1)12-9-5-2-6-10-12/h3-18,27-28H,1-2H3;1-10H. The zero-order valence-corrected chi connectivity index (χ0v) is 23.0. The third-order valence-corrected chi connectivity index (χ3v) is 6.60. The molecule has 2 nitrogen and oxygen atoms in total. The Kier molecular flexibility index (Phi) is 8.70. The van der Waals surface area contributed by atoms with Gasteiger partial charge in [-0.1, -0.05) is 109 Å². The Bertz CT molecular complexity index is 1500. The molecular weight excluding hydrogens is 484 g/mol. The number of hydrogen-bond acceptors (Lipinski definition) is 2. The van der Waals surface area contributed by atoms with E-state index in [2.05, 4.69) is 170 Å². The van der Waals surface area contributed by atoms with Gasteiger partial charge in [0.1, 0.15) is 0 Å². The number of rotatable bonds is 6. The second kappa shape index (κ2) is 13.1. The molecule has 0 radical (unpaired) electrons. The van der Waals surface area contributed by atoms with Gasteiger partial charge in [0.15, 0.2) is 0 Å². The van der Waals surface area contributed by atoms with E-state index in [4.69, 9.17) is 0 Å². The lowest BCUT2D eigenvalue weighted by Gasteiger charge is -2.10. The van der Waals surface area contributed by atoms with Crippen molar-refractivity contribution in [3.63, 3.8) is 0 Å². The molecule has 6 rings (SSSR count). The molecule has 40 heavy (non-hydrogen) atoms. The molecule has 2 heteroatoms. The van der Waals surface area contributed by atoms with E-state index < -0.39 is 0 Å². The SMILES string of the molecule is Cc1cccc(Nc2ccc(-c3ccc(Nc4cccc(C)c4)cc3)cc2)c1.c1ccc(-c2ccccc2)cc1. The highest BCUT2D eigenvalue weighted by Gasteiger charge is 2.01. The summed E-state index contributed by atoms with van der Waals surface area (Å²) in [6.07, 6.45) is 0. The van der Waals surface area contributed by atoms with Crippen LogP contribution in [-0.2, 0) is 0 Å². The van der Waals surface area contributed by atoms with Gasteiger partial charge < -0.3 is 10.6 Å². The second-order valence-electron chi connectivity index (χ2n) is 9.88. The van der Waals surface area contributed by atoms with E-state index in [0.29, 0.717) is 0 Å². The lowest BCUT2D eigenvalue weighted by molar-refractivity contribution is 1.45. The largest absolute Gasteiger partial charge is 0.356 e. The Hall–Kier alpha value is -5.08. The molecule has 0 amide bonds. The lowest BCUT2D eigenvalue weighted by Crippen LogP contribution is -1.91. The molecule has 0 fully saturated rings. The molecule has 0 aliphatic carbocycles. The molecule has 0 aliphatic rings. The van der Waals surface area contributed by atoms with Crippen LogP contribution in [-0.4, -0.2) is 0 Å². The van der Waals surface area contributed by atoms with Crippen molar-refractivity contribution >= 4 is 22.7 Å². The summed E-state index contributed by atoms with van der Waals surface area (Å²) in [6, 6.07) is 54.7. The summed E-state index contributed by atoms with van der Waals surface area (Å²) in [4.78, 5) is 0. The second-order valence-corrected chi connectivity index (χ2v) is 9.88. The topological polar surface area (TPSA) is 24.1 Å².